The Kier molecular flexibility index (Phi) is 5.07. The Morgan fingerprint density at radius 1 is 1.56 bits per heavy atom. The Morgan fingerprint density at radius 2 is 2.22 bits per heavy atom. The zero-order chi connectivity index (χ0) is 7.11. The molecule has 0 unspecified atom stereocenters. The van der Waals surface area contributed by atoms with Gasteiger partial charge in [-0.3, -0.25) is 4.99 Å². The van der Waals surface area contributed by atoms with Crippen molar-refractivity contribution in [2.45, 2.75) is 26.7 Å². The smallest absolute Gasteiger partial charge is 0.119 e. The molecule has 0 aliphatic carbocycles. The van der Waals surface area contributed by atoms with E-state index < -0.39 is 0 Å². The van der Waals surface area contributed by atoms with Crippen molar-refractivity contribution in [1.82, 2.24) is 0 Å². The minimum Gasteiger partial charge on any atom is -0.271 e. The van der Waals surface area contributed by atoms with Gasteiger partial charge in [-0.05, 0) is 20.1 Å². The molecule has 0 N–H and O–H groups in total. The first-order chi connectivity index (χ1) is 4.31. The van der Waals surface area contributed by atoms with E-state index in [1.807, 2.05) is 6.92 Å². The number of nitrogens with zero attached hydrogens (tertiary/aromatic N) is 2. The SMILES string of the molecule is C=NC(C)=NCCCC. The van der Waals surface area contributed by atoms with E-state index in [2.05, 4.69) is 23.6 Å². The number of rotatable bonds is 3. The number of hydrogen-bond donors (Lipinski definition) is 0. The van der Waals surface area contributed by atoms with Gasteiger partial charge in [0.2, 0.25) is 0 Å². The average Bonchev–Trinajstić information content (AvgIpc) is 1.89. The Balaban J connectivity index is 3.31. The van der Waals surface area contributed by atoms with Gasteiger partial charge in [0.1, 0.15) is 5.84 Å². The summed E-state index contributed by atoms with van der Waals surface area (Å²) in [6.45, 7) is 8.26. The van der Waals surface area contributed by atoms with Gasteiger partial charge in [-0.15, -0.1) is 0 Å². The fourth-order valence-corrected chi connectivity index (χ4v) is 0.449. The molecule has 0 heterocycles. The van der Waals surface area contributed by atoms with Gasteiger partial charge in [-0.1, -0.05) is 13.3 Å². The van der Waals surface area contributed by atoms with E-state index >= 15 is 0 Å². The summed E-state index contributed by atoms with van der Waals surface area (Å²) in [5, 5.41) is 0. The van der Waals surface area contributed by atoms with Gasteiger partial charge in [0, 0.05) is 6.54 Å². The Morgan fingerprint density at radius 3 is 2.67 bits per heavy atom. The summed E-state index contributed by atoms with van der Waals surface area (Å²) >= 11 is 0. The Bertz CT molecular complexity index is 105. The minimum absolute atomic E-state index is 0.795. The van der Waals surface area contributed by atoms with Crippen LogP contribution in [-0.2, 0) is 0 Å². The van der Waals surface area contributed by atoms with Gasteiger partial charge >= 0.3 is 0 Å². The number of amidine groups is 1. The molecule has 0 amide bonds. The summed E-state index contributed by atoms with van der Waals surface area (Å²) in [6, 6.07) is 0. The maximum absolute atomic E-state index is 4.12. The topological polar surface area (TPSA) is 24.7 Å². The van der Waals surface area contributed by atoms with Gasteiger partial charge < -0.3 is 0 Å². The van der Waals surface area contributed by atoms with Crippen molar-refractivity contribution in [2.24, 2.45) is 9.98 Å². The first-order valence-electron chi connectivity index (χ1n) is 3.29. The summed E-state index contributed by atoms with van der Waals surface area (Å²) in [4.78, 5) is 7.78. The Hall–Kier alpha value is -0.660. The van der Waals surface area contributed by atoms with Crippen molar-refractivity contribution < 1.29 is 0 Å². The highest BCUT2D eigenvalue weighted by Crippen LogP contribution is 1.87. The highest BCUT2D eigenvalue weighted by atomic mass is 14.9. The van der Waals surface area contributed by atoms with E-state index in [0.29, 0.717) is 0 Å². The van der Waals surface area contributed by atoms with E-state index in [4.69, 9.17) is 0 Å². The fourth-order valence-electron chi connectivity index (χ4n) is 0.449. The van der Waals surface area contributed by atoms with Crippen LogP contribution >= 0.6 is 0 Å². The zero-order valence-electron chi connectivity index (χ0n) is 6.22. The van der Waals surface area contributed by atoms with Crippen LogP contribution in [0.2, 0.25) is 0 Å². The molecular weight excluding hydrogens is 112 g/mol. The van der Waals surface area contributed by atoms with Crippen LogP contribution in [0.15, 0.2) is 9.98 Å². The van der Waals surface area contributed by atoms with Crippen LogP contribution in [0.1, 0.15) is 26.7 Å². The van der Waals surface area contributed by atoms with Crippen molar-refractivity contribution in [2.75, 3.05) is 6.54 Å². The molecule has 0 aliphatic rings. The van der Waals surface area contributed by atoms with Crippen LogP contribution < -0.4 is 0 Å². The second kappa shape index (κ2) is 5.48. The number of unbranched alkanes of at least 4 members (excludes halogenated alkanes) is 1. The summed E-state index contributed by atoms with van der Waals surface area (Å²) in [6.07, 6.45) is 2.33. The zero-order valence-corrected chi connectivity index (χ0v) is 6.22. The first-order valence-corrected chi connectivity index (χ1v) is 3.29. The van der Waals surface area contributed by atoms with Gasteiger partial charge in [0.05, 0.1) is 0 Å². The van der Waals surface area contributed by atoms with Crippen LogP contribution in [0.5, 0.6) is 0 Å². The van der Waals surface area contributed by atoms with Crippen LogP contribution in [0.4, 0.5) is 0 Å². The summed E-state index contributed by atoms with van der Waals surface area (Å²) < 4.78 is 0. The number of hydrogen-bond acceptors (Lipinski definition) is 1. The second-order valence-electron chi connectivity index (χ2n) is 1.94. The van der Waals surface area contributed by atoms with Crippen molar-refractivity contribution >= 4 is 12.6 Å². The molecule has 0 aromatic rings. The molecule has 0 radical (unpaired) electrons. The summed E-state index contributed by atoms with van der Waals surface area (Å²) in [7, 11) is 0. The molecule has 0 rings (SSSR count). The van der Waals surface area contributed by atoms with Crippen LogP contribution in [0, 0.1) is 0 Å². The van der Waals surface area contributed by atoms with Crippen molar-refractivity contribution in [3.05, 3.63) is 0 Å². The maximum atomic E-state index is 4.12. The number of aliphatic imine (C=N–C) groups is 2. The van der Waals surface area contributed by atoms with E-state index in [-0.39, 0.29) is 0 Å². The van der Waals surface area contributed by atoms with E-state index in [1.165, 1.54) is 6.42 Å². The molecule has 0 aromatic carbocycles. The predicted molar refractivity (Wildman–Crippen MR) is 42.4 cm³/mol. The molecule has 9 heavy (non-hydrogen) atoms. The first kappa shape index (κ1) is 8.34. The van der Waals surface area contributed by atoms with Crippen molar-refractivity contribution in [3.8, 4) is 0 Å². The average molecular weight is 126 g/mol. The molecule has 0 fully saturated rings. The fraction of sp³-hybridized carbons (Fsp3) is 0.714. The van der Waals surface area contributed by atoms with Gasteiger partial charge in [-0.25, -0.2) is 4.99 Å². The molecule has 2 heteroatoms. The van der Waals surface area contributed by atoms with Crippen molar-refractivity contribution in [3.63, 3.8) is 0 Å². The van der Waals surface area contributed by atoms with Crippen LogP contribution in [-0.4, -0.2) is 19.1 Å². The lowest BCUT2D eigenvalue weighted by molar-refractivity contribution is 0.807. The van der Waals surface area contributed by atoms with E-state index in [9.17, 15) is 0 Å². The third-order valence-electron chi connectivity index (χ3n) is 1.08. The summed E-state index contributed by atoms with van der Waals surface area (Å²) in [5.41, 5.74) is 0. The highest BCUT2D eigenvalue weighted by Gasteiger charge is 1.81. The van der Waals surface area contributed by atoms with E-state index in [0.717, 1.165) is 18.8 Å². The molecule has 0 spiro atoms. The minimum atomic E-state index is 0.795. The lowest BCUT2D eigenvalue weighted by Gasteiger charge is -1.90. The summed E-state index contributed by atoms with van der Waals surface area (Å²) in [5.74, 6) is 0.795. The molecule has 2 nitrogen and oxygen atoms in total. The normalized spacial score (nSPS) is 11.6. The molecule has 0 aliphatic heterocycles. The quantitative estimate of drug-likeness (QED) is 0.313. The van der Waals surface area contributed by atoms with Gasteiger partial charge in [-0.2, -0.15) is 0 Å². The lowest BCUT2D eigenvalue weighted by Crippen LogP contribution is -1.87. The third-order valence-corrected chi connectivity index (χ3v) is 1.08. The largest absolute Gasteiger partial charge is 0.271 e. The molecule has 0 saturated carbocycles. The van der Waals surface area contributed by atoms with Gasteiger partial charge in [0.25, 0.3) is 0 Å². The molecule has 0 bridgehead atoms. The third kappa shape index (κ3) is 5.21. The maximum Gasteiger partial charge on any atom is 0.119 e. The standard InChI is InChI=1S/C7H14N2/c1-4-5-6-9-7(2)8-3/h3-6H2,1-2H3. The molecule has 0 atom stereocenters. The molecular formula is C7H14N2. The molecule has 0 aromatic heterocycles. The van der Waals surface area contributed by atoms with Crippen LogP contribution in [0.25, 0.3) is 0 Å². The lowest BCUT2D eigenvalue weighted by atomic mass is 10.3. The van der Waals surface area contributed by atoms with E-state index in [1.54, 1.807) is 0 Å². The van der Waals surface area contributed by atoms with Crippen LogP contribution in [0.3, 0.4) is 0 Å². The highest BCUT2D eigenvalue weighted by molar-refractivity contribution is 5.83. The van der Waals surface area contributed by atoms with Gasteiger partial charge in [0.15, 0.2) is 0 Å². The second-order valence-corrected chi connectivity index (χ2v) is 1.94. The Labute approximate surface area is 56.7 Å². The molecule has 0 saturated heterocycles. The molecule has 52 valence electrons. The van der Waals surface area contributed by atoms with Crippen molar-refractivity contribution in [1.29, 1.82) is 0 Å². The predicted octanol–water partition coefficient (Wildman–Crippen LogP) is 1.91. The monoisotopic (exact) mass is 126 g/mol.